The van der Waals surface area contributed by atoms with Gasteiger partial charge in [0.25, 0.3) is 11.6 Å². The van der Waals surface area contributed by atoms with E-state index in [9.17, 15) is 23.3 Å². The first-order valence-corrected chi connectivity index (χ1v) is 12.7. The highest BCUT2D eigenvalue weighted by Crippen LogP contribution is 2.36. The van der Waals surface area contributed by atoms with Crippen molar-refractivity contribution in [2.24, 2.45) is 5.10 Å². The topological polar surface area (TPSA) is 137 Å². The van der Waals surface area contributed by atoms with Crippen molar-refractivity contribution in [1.82, 2.24) is 5.43 Å². The molecule has 0 aliphatic carbocycles. The SMILES string of the molecule is CCOc1cc(/C=N\NC(=O)c2cccc(Cl)c2)cc(I)c1OS(=O)(=O)c1ccc([N+](=O)[O-])cc1. The Hall–Kier alpha value is -3.23. The maximum absolute atomic E-state index is 12.7. The number of hydrogen-bond donors (Lipinski definition) is 1. The molecular weight excluding hydrogens is 613 g/mol. The molecule has 10 nitrogen and oxygen atoms in total. The number of non-ortho nitro benzene ring substituents is 1. The highest BCUT2D eigenvalue weighted by Gasteiger charge is 2.23. The molecule has 35 heavy (non-hydrogen) atoms. The first-order chi connectivity index (χ1) is 16.6. The van der Waals surface area contributed by atoms with Crippen molar-refractivity contribution < 1.29 is 27.1 Å². The summed E-state index contributed by atoms with van der Waals surface area (Å²) in [4.78, 5) is 22.1. The second kappa shape index (κ2) is 11.5. The van der Waals surface area contributed by atoms with Gasteiger partial charge in [0.05, 0.1) is 21.3 Å². The molecule has 0 heterocycles. The Kier molecular flexibility index (Phi) is 8.64. The number of amides is 1. The molecule has 3 aromatic rings. The number of nitrogens with zero attached hydrogens (tertiary/aromatic N) is 2. The molecule has 0 atom stereocenters. The van der Waals surface area contributed by atoms with E-state index in [2.05, 4.69) is 10.5 Å². The fourth-order valence-electron chi connectivity index (χ4n) is 2.76. The van der Waals surface area contributed by atoms with E-state index in [-0.39, 0.29) is 28.7 Å². The zero-order chi connectivity index (χ0) is 25.6. The van der Waals surface area contributed by atoms with Crippen LogP contribution in [0.15, 0.2) is 70.7 Å². The number of carbonyl (C=O) groups is 1. The van der Waals surface area contributed by atoms with Crippen LogP contribution in [0.1, 0.15) is 22.8 Å². The Morgan fingerprint density at radius 3 is 2.54 bits per heavy atom. The van der Waals surface area contributed by atoms with Gasteiger partial charge in [0.15, 0.2) is 11.5 Å². The minimum absolute atomic E-state index is 0.0501. The molecule has 0 unspecified atom stereocenters. The maximum Gasteiger partial charge on any atom is 0.339 e. The van der Waals surface area contributed by atoms with Gasteiger partial charge in [-0.05, 0) is 77.5 Å². The summed E-state index contributed by atoms with van der Waals surface area (Å²) < 4.78 is 36.8. The lowest BCUT2D eigenvalue weighted by Crippen LogP contribution is -2.17. The summed E-state index contributed by atoms with van der Waals surface area (Å²) in [5, 5.41) is 15.1. The lowest BCUT2D eigenvalue weighted by Gasteiger charge is -2.14. The molecule has 0 radical (unpaired) electrons. The molecule has 0 aromatic heterocycles. The van der Waals surface area contributed by atoms with E-state index in [4.69, 9.17) is 20.5 Å². The van der Waals surface area contributed by atoms with Gasteiger partial charge in [-0.3, -0.25) is 14.9 Å². The van der Waals surface area contributed by atoms with Crippen LogP contribution in [-0.2, 0) is 10.1 Å². The molecule has 0 fully saturated rings. The Bertz CT molecular complexity index is 1400. The number of rotatable bonds is 9. The highest BCUT2D eigenvalue weighted by atomic mass is 127. The van der Waals surface area contributed by atoms with Gasteiger partial charge in [0.1, 0.15) is 4.90 Å². The zero-order valence-corrected chi connectivity index (χ0v) is 21.7. The second-order valence-corrected chi connectivity index (χ2v) is 9.91. The normalized spacial score (nSPS) is 11.3. The van der Waals surface area contributed by atoms with E-state index in [0.717, 1.165) is 24.3 Å². The Morgan fingerprint density at radius 2 is 1.91 bits per heavy atom. The number of nitrogens with one attached hydrogen (secondary N) is 1. The summed E-state index contributed by atoms with van der Waals surface area (Å²) in [6, 6.07) is 13.8. The summed E-state index contributed by atoms with van der Waals surface area (Å²) in [6.45, 7) is 1.93. The molecule has 0 saturated heterocycles. The van der Waals surface area contributed by atoms with Crippen LogP contribution in [0.4, 0.5) is 5.69 Å². The molecule has 13 heteroatoms. The van der Waals surface area contributed by atoms with Crippen LogP contribution < -0.4 is 14.3 Å². The van der Waals surface area contributed by atoms with Crippen molar-refractivity contribution in [2.75, 3.05) is 6.61 Å². The monoisotopic (exact) mass is 629 g/mol. The summed E-state index contributed by atoms with van der Waals surface area (Å²) in [5.41, 5.74) is 2.97. The van der Waals surface area contributed by atoms with Crippen LogP contribution in [0, 0.1) is 13.7 Å². The summed E-state index contributed by atoms with van der Waals surface area (Å²) >= 11 is 7.77. The van der Waals surface area contributed by atoms with Gasteiger partial charge in [-0.1, -0.05) is 17.7 Å². The first-order valence-electron chi connectivity index (χ1n) is 9.85. The fourth-order valence-corrected chi connectivity index (χ4v) is 4.79. The Labute approximate surface area is 219 Å². The van der Waals surface area contributed by atoms with Gasteiger partial charge in [-0.2, -0.15) is 13.5 Å². The molecule has 0 bridgehead atoms. The molecule has 3 aromatic carbocycles. The predicted molar refractivity (Wildman–Crippen MR) is 138 cm³/mol. The van der Waals surface area contributed by atoms with Crippen LogP contribution in [-0.4, -0.2) is 32.1 Å². The number of nitro groups is 1. The van der Waals surface area contributed by atoms with Crippen molar-refractivity contribution in [1.29, 1.82) is 0 Å². The van der Waals surface area contributed by atoms with Gasteiger partial charge < -0.3 is 8.92 Å². The van der Waals surface area contributed by atoms with Gasteiger partial charge in [-0.25, -0.2) is 5.43 Å². The average Bonchev–Trinajstić information content (AvgIpc) is 2.81. The zero-order valence-electron chi connectivity index (χ0n) is 18.0. The van der Waals surface area contributed by atoms with Crippen LogP contribution in [0.25, 0.3) is 0 Å². The number of hydrogen-bond acceptors (Lipinski definition) is 8. The summed E-state index contributed by atoms with van der Waals surface area (Å²) in [7, 11) is -4.30. The van der Waals surface area contributed by atoms with Gasteiger partial charge in [0, 0.05) is 22.7 Å². The van der Waals surface area contributed by atoms with Crippen molar-refractivity contribution in [2.45, 2.75) is 11.8 Å². The molecule has 0 aliphatic heterocycles. The molecule has 0 aliphatic rings. The van der Waals surface area contributed by atoms with Crippen LogP contribution >= 0.6 is 34.2 Å². The smallest absolute Gasteiger partial charge is 0.339 e. The van der Waals surface area contributed by atoms with Gasteiger partial charge in [-0.15, -0.1) is 0 Å². The second-order valence-electron chi connectivity index (χ2n) is 6.76. The van der Waals surface area contributed by atoms with Crippen molar-refractivity contribution in [3.63, 3.8) is 0 Å². The number of halogens is 2. The number of ether oxygens (including phenoxy) is 1. The third kappa shape index (κ3) is 6.90. The average molecular weight is 630 g/mol. The molecule has 0 saturated carbocycles. The number of carbonyl (C=O) groups excluding carboxylic acids is 1. The standard InChI is InChI=1S/C22H17ClIN3O7S/c1-2-33-20-11-14(13-25-26-22(28)15-4-3-5-16(23)12-15)10-19(24)21(20)34-35(31,32)18-8-6-17(7-9-18)27(29)30/h3-13H,2H2,1H3,(H,26,28)/b25-13-. The molecule has 1 amide bonds. The highest BCUT2D eigenvalue weighted by molar-refractivity contribution is 14.1. The van der Waals surface area contributed by atoms with E-state index >= 15 is 0 Å². The first kappa shape index (κ1) is 26.4. The van der Waals surface area contributed by atoms with Crippen LogP contribution in [0.5, 0.6) is 11.5 Å². The molecule has 3 rings (SSSR count). The van der Waals surface area contributed by atoms with E-state index in [1.54, 1.807) is 31.2 Å². The number of hydrazone groups is 1. The quantitative estimate of drug-likeness (QED) is 0.118. The minimum Gasteiger partial charge on any atom is -0.490 e. The largest absolute Gasteiger partial charge is 0.490 e. The van der Waals surface area contributed by atoms with Crippen LogP contribution in [0.3, 0.4) is 0 Å². The van der Waals surface area contributed by atoms with Gasteiger partial charge >= 0.3 is 10.1 Å². The van der Waals surface area contributed by atoms with Crippen molar-refractivity contribution in [3.05, 3.63) is 90.5 Å². The third-order valence-corrected chi connectivity index (χ3v) is 6.60. The predicted octanol–water partition coefficient (Wildman–Crippen LogP) is 4.78. The van der Waals surface area contributed by atoms with Crippen molar-refractivity contribution in [3.8, 4) is 11.5 Å². The molecular formula is C22H17ClIN3O7S. The van der Waals surface area contributed by atoms with Crippen molar-refractivity contribution >= 4 is 62.1 Å². The number of nitro benzene ring substituents is 1. The summed E-state index contributed by atoms with van der Waals surface area (Å²) in [6.07, 6.45) is 1.36. The Balaban J connectivity index is 1.82. The fraction of sp³-hybridized carbons (Fsp3) is 0.0909. The lowest BCUT2D eigenvalue weighted by molar-refractivity contribution is -0.384. The van der Waals surface area contributed by atoms with E-state index < -0.39 is 20.9 Å². The third-order valence-electron chi connectivity index (χ3n) is 4.33. The summed E-state index contributed by atoms with van der Waals surface area (Å²) in [5.74, 6) is -0.379. The molecule has 182 valence electrons. The molecule has 1 N–H and O–H groups in total. The van der Waals surface area contributed by atoms with Crippen LogP contribution in [0.2, 0.25) is 5.02 Å². The van der Waals surface area contributed by atoms with Gasteiger partial charge in [0.2, 0.25) is 0 Å². The van der Waals surface area contributed by atoms with E-state index in [1.807, 2.05) is 22.6 Å². The Morgan fingerprint density at radius 1 is 1.20 bits per heavy atom. The van der Waals surface area contributed by atoms with E-state index in [0.29, 0.717) is 19.7 Å². The lowest BCUT2D eigenvalue weighted by atomic mass is 10.2. The number of benzene rings is 3. The molecule has 0 spiro atoms. The minimum atomic E-state index is -4.30. The maximum atomic E-state index is 12.7. The van der Waals surface area contributed by atoms with E-state index in [1.165, 1.54) is 18.3 Å².